The zero-order chi connectivity index (χ0) is 19.3. The molecule has 1 aromatic heterocycles. The molecule has 152 valence electrons. The highest BCUT2D eigenvalue weighted by Crippen LogP contribution is 2.38. The molecule has 1 unspecified atom stereocenters. The van der Waals surface area contributed by atoms with E-state index in [1.807, 2.05) is 6.92 Å². The number of urea groups is 1. The maximum Gasteiger partial charge on any atom is 0.329 e. The molecule has 0 radical (unpaired) electrons. The minimum atomic E-state index is -1.25. The highest BCUT2D eigenvalue weighted by Gasteiger charge is 2.37. The van der Waals surface area contributed by atoms with Crippen molar-refractivity contribution in [3.8, 4) is 0 Å². The molecule has 3 heterocycles. The molecule has 2 aliphatic rings. The van der Waals surface area contributed by atoms with Gasteiger partial charge in [-0.1, -0.05) is 0 Å². The average molecular weight is 412 g/mol. The van der Waals surface area contributed by atoms with E-state index in [1.165, 1.54) is 11.0 Å². The van der Waals surface area contributed by atoms with E-state index >= 15 is 4.39 Å². The number of nitrogens with zero attached hydrogens (tertiary/aromatic N) is 3. The Balaban J connectivity index is 0.00000225. The maximum absolute atomic E-state index is 15.0. The highest BCUT2D eigenvalue weighted by atomic mass is 35.5. The van der Waals surface area contributed by atoms with Crippen LogP contribution in [0.1, 0.15) is 31.7 Å². The first kappa shape index (κ1) is 20.5. The second-order valence-corrected chi connectivity index (χ2v) is 7.39. The highest BCUT2D eigenvalue weighted by molar-refractivity contribution is 6.08. The smallest absolute Gasteiger partial charge is 0.329 e. The lowest BCUT2D eigenvalue weighted by Crippen LogP contribution is -2.49. The number of anilines is 1. The zero-order valence-corrected chi connectivity index (χ0v) is 16.5. The number of nitrogens with one attached hydrogen (secondary N) is 2. The number of carbonyl (C=O) groups is 2. The average Bonchev–Trinajstić information content (AvgIpc) is 2.89. The number of hydrogen-bond donors (Lipinski definition) is 3. The molecule has 10 heteroatoms. The maximum atomic E-state index is 15.0. The standard InChI is InChI=1S/C18H22FN5O3.ClH/c1-10-9-18(27,4-5-20-10)12-8-14-11(7-13(12)19)16(22-23(14)2)24-6-3-15(25)21-17(24)26;/h7-8,10,20,27H,3-6,9H2,1-2H3,(H,21,25,26);1H/t10-,18?;/m0./s1. The van der Waals surface area contributed by atoms with E-state index in [2.05, 4.69) is 15.7 Å². The molecule has 28 heavy (non-hydrogen) atoms. The number of hydrogen-bond acceptors (Lipinski definition) is 5. The molecule has 2 saturated heterocycles. The van der Waals surface area contributed by atoms with Crippen molar-refractivity contribution in [2.75, 3.05) is 18.0 Å². The Labute approximate surface area is 167 Å². The summed E-state index contributed by atoms with van der Waals surface area (Å²) in [7, 11) is 1.70. The van der Waals surface area contributed by atoms with Gasteiger partial charge in [-0.15, -0.1) is 12.4 Å². The molecule has 2 aromatic rings. The number of piperidine rings is 1. The van der Waals surface area contributed by atoms with Gasteiger partial charge in [0.15, 0.2) is 5.82 Å². The molecule has 0 bridgehead atoms. The van der Waals surface area contributed by atoms with Crippen LogP contribution >= 0.6 is 12.4 Å². The summed E-state index contributed by atoms with van der Waals surface area (Å²) in [6.45, 7) is 2.75. The van der Waals surface area contributed by atoms with Crippen LogP contribution in [-0.4, -0.2) is 46.0 Å². The normalized spacial score (nSPS) is 25.6. The van der Waals surface area contributed by atoms with E-state index in [1.54, 1.807) is 17.8 Å². The molecule has 1 aromatic carbocycles. The number of fused-ring (bicyclic) bond motifs is 1. The molecule has 2 atom stereocenters. The van der Waals surface area contributed by atoms with Crippen LogP contribution in [0, 0.1) is 5.82 Å². The first-order valence-electron chi connectivity index (χ1n) is 9.02. The van der Waals surface area contributed by atoms with Crippen molar-refractivity contribution in [1.29, 1.82) is 0 Å². The molecule has 8 nitrogen and oxygen atoms in total. The van der Waals surface area contributed by atoms with Crippen LogP contribution in [0.5, 0.6) is 0 Å². The third-order valence-corrected chi connectivity index (χ3v) is 5.41. The Kier molecular flexibility index (Phi) is 5.35. The first-order valence-corrected chi connectivity index (χ1v) is 9.02. The second kappa shape index (κ2) is 7.31. The fourth-order valence-corrected chi connectivity index (χ4v) is 4.03. The van der Waals surface area contributed by atoms with E-state index in [0.717, 1.165) is 0 Å². The van der Waals surface area contributed by atoms with Crippen molar-refractivity contribution in [2.45, 2.75) is 37.8 Å². The monoisotopic (exact) mass is 411 g/mol. The molecule has 0 saturated carbocycles. The third kappa shape index (κ3) is 3.34. The summed E-state index contributed by atoms with van der Waals surface area (Å²) < 4.78 is 16.6. The summed E-state index contributed by atoms with van der Waals surface area (Å²) in [6.07, 6.45) is 0.993. The summed E-state index contributed by atoms with van der Waals surface area (Å²) in [5.74, 6) is -0.567. The Morgan fingerprint density at radius 3 is 2.79 bits per heavy atom. The third-order valence-electron chi connectivity index (χ3n) is 5.41. The van der Waals surface area contributed by atoms with Gasteiger partial charge in [0.05, 0.1) is 11.1 Å². The van der Waals surface area contributed by atoms with Crippen molar-refractivity contribution < 1.29 is 19.1 Å². The van der Waals surface area contributed by atoms with E-state index in [0.29, 0.717) is 36.1 Å². The van der Waals surface area contributed by atoms with Gasteiger partial charge < -0.3 is 10.4 Å². The van der Waals surface area contributed by atoms with Gasteiger partial charge in [-0.25, -0.2) is 9.18 Å². The minimum absolute atomic E-state index is 0. The Bertz CT molecular complexity index is 949. The Morgan fingerprint density at radius 2 is 2.11 bits per heavy atom. The predicted molar refractivity (Wildman–Crippen MR) is 104 cm³/mol. The van der Waals surface area contributed by atoms with Crippen LogP contribution in [0.25, 0.3) is 10.9 Å². The van der Waals surface area contributed by atoms with Crippen LogP contribution in [0.3, 0.4) is 0 Å². The summed E-state index contributed by atoms with van der Waals surface area (Å²) in [4.78, 5) is 24.9. The number of imide groups is 1. The number of halogens is 2. The summed E-state index contributed by atoms with van der Waals surface area (Å²) >= 11 is 0. The van der Waals surface area contributed by atoms with Gasteiger partial charge in [0.2, 0.25) is 5.91 Å². The lowest BCUT2D eigenvalue weighted by Gasteiger charge is -2.36. The lowest BCUT2D eigenvalue weighted by molar-refractivity contribution is -0.120. The summed E-state index contributed by atoms with van der Waals surface area (Å²) in [5, 5.41) is 21.4. The topological polar surface area (TPSA) is 99.5 Å². The largest absolute Gasteiger partial charge is 0.385 e. The van der Waals surface area contributed by atoms with Gasteiger partial charge in [0.25, 0.3) is 0 Å². The lowest BCUT2D eigenvalue weighted by atomic mass is 9.81. The van der Waals surface area contributed by atoms with E-state index < -0.39 is 17.4 Å². The van der Waals surface area contributed by atoms with Crippen LogP contribution in [-0.2, 0) is 17.4 Å². The molecule has 0 spiro atoms. The predicted octanol–water partition coefficient (Wildman–Crippen LogP) is 1.54. The number of rotatable bonds is 2. The molecule has 4 rings (SSSR count). The van der Waals surface area contributed by atoms with E-state index in [9.17, 15) is 14.7 Å². The van der Waals surface area contributed by atoms with Crippen LogP contribution in [0.2, 0.25) is 0 Å². The molecule has 2 fully saturated rings. The van der Waals surface area contributed by atoms with Gasteiger partial charge >= 0.3 is 6.03 Å². The molecule has 0 aliphatic carbocycles. The quantitative estimate of drug-likeness (QED) is 0.696. The molecule has 2 aliphatic heterocycles. The summed E-state index contributed by atoms with van der Waals surface area (Å²) in [6, 6.07) is 2.45. The van der Waals surface area contributed by atoms with E-state index in [-0.39, 0.29) is 42.9 Å². The van der Waals surface area contributed by atoms with Gasteiger partial charge in [-0.05, 0) is 38.4 Å². The Hall–Kier alpha value is -2.23. The Morgan fingerprint density at radius 1 is 1.36 bits per heavy atom. The van der Waals surface area contributed by atoms with Crippen molar-refractivity contribution in [1.82, 2.24) is 20.4 Å². The number of aliphatic hydroxyl groups is 1. The number of amides is 3. The SMILES string of the molecule is C[C@H]1CC(O)(c2cc3c(cc2F)c(N2CCC(=O)NC2=O)nn3C)CCN1.Cl. The van der Waals surface area contributed by atoms with E-state index in [4.69, 9.17) is 0 Å². The molecule has 3 N–H and O–H groups in total. The van der Waals surface area contributed by atoms with Gasteiger partial charge in [-0.3, -0.25) is 19.7 Å². The van der Waals surface area contributed by atoms with Crippen molar-refractivity contribution in [2.24, 2.45) is 7.05 Å². The fourth-order valence-electron chi connectivity index (χ4n) is 4.03. The summed E-state index contributed by atoms with van der Waals surface area (Å²) in [5.41, 5.74) is -0.385. The number of aromatic nitrogens is 2. The zero-order valence-electron chi connectivity index (χ0n) is 15.7. The van der Waals surface area contributed by atoms with Gasteiger partial charge in [0, 0.05) is 37.0 Å². The van der Waals surface area contributed by atoms with Crippen LogP contribution < -0.4 is 15.5 Å². The first-order chi connectivity index (χ1) is 12.8. The van der Waals surface area contributed by atoms with Crippen LogP contribution in [0.15, 0.2) is 12.1 Å². The molecular formula is C18H23ClFN5O3. The van der Waals surface area contributed by atoms with Crippen LogP contribution in [0.4, 0.5) is 15.0 Å². The number of aryl methyl sites for hydroxylation is 1. The minimum Gasteiger partial charge on any atom is -0.385 e. The van der Waals surface area contributed by atoms with Gasteiger partial charge in [-0.2, -0.15) is 5.10 Å². The van der Waals surface area contributed by atoms with Crippen molar-refractivity contribution in [3.63, 3.8) is 0 Å². The fraction of sp³-hybridized carbons (Fsp3) is 0.500. The van der Waals surface area contributed by atoms with Crippen molar-refractivity contribution in [3.05, 3.63) is 23.5 Å². The van der Waals surface area contributed by atoms with Crippen molar-refractivity contribution >= 4 is 41.1 Å². The second-order valence-electron chi connectivity index (χ2n) is 7.39. The molecule has 3 amide bonds. The van der Waals surface area contributed by atoms with Gasteiger partial charge in [0.1, 0.15) is 5.82 Å². The number of benzene rings is 1. The number of carbonyl (C=O) groups excluding carboxylic acids is 2. The molecular weight excluding hydrogens is 389 g/mol.